The van der Waals surface area contributed by atoms with Crippen molar-refractivity contribution in [2.24, 2.45) is 0 Å². The average Bonchev–Trinajstić information content (AvgIpc) is 2.69. The van der Waals surface area contributed by atoms with Crippen LogP contribution in [0.15, 0.2) is 48.8 Å². The van der Waals surface area contributed by atoms with Crippen LogP contribution in [0.25, 0.3) is 0 Å². The van der Waals surface area contributed by atoms with Gasteiger partial charge in [0, 0.05) is 50.8 Å². The van der Waals surface area contributed by atoms with E-state index in [1.54, 1.807) is 35.4 Å². The number of pyridine rings is 1. The van der Waals surface area contributed by atoms with Crippen molar-refractivity contribution in [1.82, 2.24) is 14.8 Å². The molecule has 1 N–H and O–H groups in total. The van der Waals surface area contributed by atoms with Crippen LogP contribution in [0, 0.1) is 0 Å². The maximum absolute atomic E-state index is 12.5. The van der Waals surface area contributed by atoms with Crippen LogP contribution < -0.4 is 5.32 Å². The van der Waals surface area contributed by atoms with Gasteiger partial charge in [-0.2, -0.15) is 0 Å². The van der Waals surface area contributed by atoms with Gasteiger partial charge in [0.15, 0.2) is 0 Å². The van der Waals surface area contributed by atoms with Crippen molar-refractivity contribution in [3.05, 3.63) is 59.9 Å². The minimum Gasteiger partial charge on any atom is -0.465 e. The minimum atomic E-state index is -0.426. The lowest BCUT2D eigenvalue weighted by Crippen LogP contribution is -2.49. The molecule has 1 aromatic heterocycles. The van der Waals surface area contributed by atoms with Crippen LogP contribution in [0.4, 0.5) is 10.5 Å². The molecule has 0 spiro atoms. The first kappa shape index (κ1) is 17.9. The fourth-order valence-electron chi connectivity index (χ4n) is 2.90. The number of nitrogens with one attached hydrogen (secondary N) is 1. The molecule has 2 heterocycles. The Bertz CT molecular complexity index is 758. The van der Waals surface area contributed by atoms with Crippen LogP contribution in [0.5, 0.6) is 0 Å². The number of benzene rings is 1. The van der Waals surface area contributed by atoms with Gasteiger partial charge in [0.25, 0.3) is 0 Å². The second-order valence-corrected chi connectivity index (χ2v) is 6.13. The lowest BCUT2D eigenvalue weighted by molar-refractivity contribution is 0.0600. The molecule has 0 aliphatic carbocycles. The van der Waals surface area contributed by atoms with E-state index in [1.165, 1.54) is 12.7 Å². The van der Waals surface area contributed by atoms with E-state index in [9.17, 15) is 9.59 Å². The van der Waals surface area contributed by atoms with Gasteiger partial charge in [-0.15, -0.1) is 0 Å². The van der Waals surface area contributed by atoms with Gasteiger partial charge in [-0.25, -0.2) is 9.59 Å². The summed E-state index contributed by atoms with van der Waals surface area (Å²) in [6.07, 6.45) is 3.63. The number of esters is 1. The molecule has 1 aromatic carbocycles. The Balaban J connectivity index is 1.51. The van der Waals surface area contributed by atoms with Gasteiger partial charge in [0.05, 0.1) is 12.7 Å². The van der Waals surface area contributed by atoms with Crippen LogP contribution >= 0.6 is 0 Å². The summed E-state index contributed by atoms with van der Waals surface area (Å²) in [7, 11) is 1.33. The Kier molecular flexibility index (Phi) is 5.80. The van der Waals surface area contributed by atoms with Gasteiger partial charge in [0.1, 0.15) is 0 Å². The SMILES string of the molecule is COC(=O)c1cccc(NC(=O)N2CCN(Cc3cccnc3)CC2)c1. The molecule has 0 saturated carbocycles. The lowest BCUT2D eigenvalue weighted by atomic mass is 10.2. The van der Waals surface area contributed by atoms with Gasteiger partial charge >= 0.3 is 12.0 Å². The standard InChI is InChI=1S/C19H22N4O3/c1-26-18(24)16-5-2-6-17(12-16)21-19(25)23-10-8-22(9-11-23)14-15-4-3-7-20-13-15/h2-7,12-13H,8-11,14H2,1H3,(H,21,25). The predicted molar refractivity (Wildman–Crippen MR) is 97.9 cm³/mol. The quantitative estimate of drug-likeness (QED) is 0.852. The van der Waals surface area contributed by atoms with E-state index in [0.29, 0.717) is 24.3 Å². The number of urea groups is 1. The molecule has 7 nitrogen and oxygen atoms in total. The molecule has 0 unspecified atom stereocenters. The number of ether oxygens (including phenoxy) is 1. The Morgan fingerprint density at radius 3 is 2.65 bits per heavy atom. The topological polar surface area (TPSA) is 74.8 Å². The van der Waals surface area contributed by atoms with Crippen molar-refractivity contribution < 1.29 is 14.3 Å². The fourth-order valence-corrected chi connectivity index (χ4v) is 2.90. The fraction of sp³-hybridized carbons (Fsp3) is 0.316. The third-order valence-corrected chi connectivity index (χ3v) is 4.32. The van der Waals surface area contributed by atoms with Gasteiger partial charge < -0.3 is 15.0 Å². The number of aromatic nitrogens is 1. The van der Waals surface area contributed by atoms with E-state index < -0.39 is 5.97 Å². The summed E-state index contributed by atoms with van der Waals surface area (Å²) in [5.41, 5.74) is 2.16. The van der Waals surface area contributed by atoms with Crippen molar-refractivity contribution in [3.8, 4) is 0 Å². The molecular formula is C19H22N4O3. The lowest BCUT2D eigenvalue weighted by Gasteiger charge is -2.34. The maximum atomic E-state index is 12.5. The molecule has 2 aromatic rings. The highest BCUT2D eigenvalue weighted by molar-refractivity contribution is 5.93. The summed E-state index contributed by atoms with van der Waals surface area (Å²) in [5, 5.41) is 2.85. The van der Waals surface area contributed by atoms with Crippen LogP contribution in [-0.4, -0.2) is 60.1 Å². The predicted octanol–water partition coefficient (Wildman–Crippen LogP) is 2.22. The monoisotopic (exact) mass is 354 g/mol. The largest absolute Gasteiger partial charge is 0.465 e. The van der Waals surface area contributed by atoms with E-state index in [2.05, 4.69) is 21.3 Å². The molecule has 0 atom stereocenters. The van der Waals surface area contributed by atoms with Crippen molar-refractivity contribution >= 4 is 17.7 Å². The van der Waals surface area contributed by atoms with Crippen molar-refractivity contribution in [2.45, 2.75) is 6.54 Å². The van der Waals surface area contributed by atoms with Crippen LogP contribution in [0.2, 0.25) is 0 Å². The number of anilines is 1. The molecule has 2 amide bonds. The van der Waals surface area contributed by atoms with E-state index in [0.717, 1.165) is 19.6 Å². The second kappa shape index (κ2) is 8.44. The molecule has 0 radical (unpaired) electrons. The summed E-state index contributed by atoms with van der Waals surface area (Å²) >= 11 is 0. The highest BCUT2D eigenvalue weighted by atomic mass is 16.5. The van der Waals surface area contributed by atoms with Crippen molar-refractivity contribution in [1.29, 1.82) is 0 Å². The molecular weight excluding hydrogens is 332 g/mol. The van der Waals surface area contributed by atoms with E-state index in [4.69, 9.17) is 4.74 Å². The maximum Gasteiger partial charge on any atom is 0.337 e. The zero-order chi connectivity index (χ0) is 18.4. The van der Waals surface area contributed by atoms with Crippen molar-refractivity contribution in [3.63, 3.8) is 0 Å². The normalized spacial score (nSPS) is 14.7. The van der Waals surface area contributed by atoms with Crippen molar-refractivity contribution in [2.75, 3.05) is 38.6 Å². The molecule has 136 valence electrons. The summed E-state index contributed by atoms with van der Waals surface area (Å²) in [5.74, 6) is -0.426. The van der Waals surface area contributed by atoms with Crippen LogP contribution in [0.1, 0.15) is 15.9 Å². The third-order valence-electron chi connectivity index (χ3n) is 4.32. The zero-order valence-electron chi connectivity index (χ0n) is 14.7. The Morgan fingerprint density at radius 2 is 1.96 bits per heavy atom. The molecule has 1 saturated heterocycles. The smallest absolute Gasteiger partial charge is 0.337 e. The Labute approximate surface area is 152 Å². The first-order valence-corrected chi connectivity index (χ1v) is 8.51. The summed E-state index contributed by atoms with van der Waals surface area (Å²) in [6.45, 7) is 3.77. The second-order valence-electron chi connectivity index (χ2n) is 6.13. The summed E-state index contributed by atoms with van der Waals surface area (Å²) in [6, 6.07) is 10.6. The van der Waals surface area contributed by atoms with E-state index >= 15 is 0 Å². The number of piperazine rings is 1. The first-order chi connectivity index (χ1) is 12.7. The van der Waals surface area contributed by atoms with Gasteiger partial charge in [-0.3, -0.25) is 9.88 Å². The number of nitrogens with zero attached hydrogens (tertiary/aromatic N) is 3. The highest BCUT2D eigenvalue weighted by Gasteiger charge is 2.21. The molecule has 1 aliphatic heterocycles. The number of amides is 2. The first-order valence-electron chi connectivity index (χ1n) is 8.51. The summed E-state index contributed by atoms with van der Waals surface area (Å²) in [4.78, 5) is 32.3. The van der Waals surface area contributed by atoms with Gasteiger partial charge in [0.2, 0.25) is 0 Å². The highest BCUT2D eigenvalue weighted by Crippen LogP contribution is 2.14. The number of carbonyl (C=O) groups is 2. The summed E-state index contributed by atoms with van der Waals surface area (Å²) < 4.78 is 4.70. The zero-order valence-corrected chi connectivity index (χ0v) is 14.7. The van der Waals surface area contributed by atoms with Gasteiger partial charge in [-0.1, -0.05) is 12.1 Å². The molecule has 1 fully saturated rings. The number of methoxy groups -OCH3 is 1. The number of hydrogen-bond acceptors (Lipinski definition) is 5. The molecule has 26 heavy (non-hydrogen) atoms. The van der Waals surface area contributed by atoms with E-state index in [1.807, 2.05) is 12.3 Å². The molecule has 1 aliphatic rings. The number of hydrogen-bond donors (Lipinski definition) is 1. The Morgan fingerprint density at radius 1 is 1.15 bits per heavy atom. The van der Waals surface area contributed by atoms with Gasteiger partial charge in [-0.05, 0) is 29.8 Å². The molecule has 3 rings (SSSR count). The molecule has 0 bridgehead atoms. The third kappa shape index (κ3) is 4.58. The number of carbonyl (C=O) groups excluding carboxylic acids is 2. The Hall–Kier alpha value is -2.93. The van der Waals surface area contributed by atoms with Crippen LogP contribution in [0.3, 0.4) is 0 Å². The minimum absolute atomic E-state index is 0.159. The average molecular weight is 354 g/mol. The van der Waals surface area contributed by atoms with E-state index in [-0.39, 0.29) is 6.03 Å². The van der Waals surface area contributed by atoms with Crippen LogP contribution in [-0.2, 0) is 11.3 Å². The number of rotatable bonds is 4. The molecule has 7 heteroatoms.